The summed E-state index contributed by atoms with van der Waals surface area (Å²) in [6.07, 6.45) is 1.55. The molecule has 3 aromatic rings. The van der Waals surface area contributed by atoms with Crippen LogP contribution in [0, 0.1) is 5.92 Å². The van der Waals surface area contributed by atoms with E-state index in [-0.39, 0.29) is 30.5 Å². The van der Waals surface area contributed by atoms with E-state index in [0.717, 1.165) is 0 Å². The maximum atomic E-state index is 13.3. The van der Waals surface area contributed by atoms with Crippen LogP contribution in [0.25, 0.3) is 11.0 Å². The van der Waals surface area contributed by atoms with Crippen molar-refractivity contribution in [1.82, 2.24) is 20.2 Å². The van der Waals surface area contributed by atoms with Crippen LogP contribution >= 0.6 is 0 Å². The predicted octanol–water partition coefficient (Wildman–Crippen LogP) is 0.631. The topological polar surface area (TPSA) is 124 Å². The van der Waals surface area contributed by atoms with Gasteiger partial charge in [0.15, 0.2) is 0 Å². The second kappa shape index (κ2) is 6.76. The van der Waals surface area contributed by atoms with E-state index >= 15 is 0 Å². The van der Waals surface area contributed by atoms with Crippen molar-refractivity contribution in [3.63, 3.8) is 0 Å². The number of hydrogen-bond donors (Lipinski definition) is 3. The van der Waals surface area contributed by atoms with Crippen LogP contribution in [-0.4, -0.2) is 52.7 Å². The first-order chi connectivity index (χ1) is 15.0. The lowest BCUT2D eigenvalue weighted by Gasteiger charge is -2.27. The Hall–Kier alpha value is -4.01. The molecule has 2 aromatic heterocycles. The van der Waals surface area contributed by atoms with Gasteiger partial charge in [0.05, 0.1) is 5.92 Å². The number of fused-ring (bicyclic) bond motifs is 3. The maximum absolute atomic E-state index is 13.3. The van der Waals surface area contributed by atoms with E-state index in [0.29, 0.717) is 22.3 Å². The van der Waals surface area contributed by atoms with Gasteiger partial charge >= 0.3 is 0 Å². The summed E-state index contributed by atoms with van der Waals surface area (Å²) in [6.45, 7) is 0.0159. The van der Waals surface area contributed by atoms with Crippen LogP contribution < -0.4 is 16.2 Å². The average Bonchev–Trinajstić information content (AvgIpc) is 3.32. The molecule has 1 aromatic carbocycles. The van der Waals surface area contributed by atoms with Gasteiger partial charge in [-0.15, -0.1) is 0 Å². The van der Waals surface area contributed by atoms with E-state index in [9.17, 15) is 19.2 Å². The van der Waals surface area contributed by atoms with Crippen LogP contribution in [0.3, 0.4) is 0 Å². The number of pyridine rings is 2. The summed E-state index contributed by atoms with van der Waals surface area (Å²) in [5, 5.41) is 6.07. The van der Waals surface area contributed by atoms with Crippen molar-refractivity contribution < 1.29 is 14.4 Å². The van der Waals surface area contributed by atoms with Gasteiger partial charge in [0, 0.05) is 37.4 Å². The van der Waals surface area contributed by atoms with E-state index in [1.807, 2.05) is 0 Å². The van der Waals surface area contributed by atoms with Crippen molar-refractivity contribution in [3.05, 3.63) is 70.1 Å². The number of amides is 3. The molecule has 156 valence electrons. The summed E-state index contributed by atoms with van der Waals surface area (Å²) in [5.41, 5.74) is -0.137. The van der Waals surface area contributed by atoms with Gasteiger partial charge in [-0.25, -0.2) is 4.98 Å². The average molecular weight is 417 g/mol. The van der Waals surface area contributed by atoms with E-state index in [4.69, 9.17) is 0 Å². The zero-order chi connectivity index (χ0) is 21.8. The summed E-state index contributed by atoms with van der Waals surface area (Å²) in [5.74, 6) is -1.98. The molecule has 3 amide bonds. The van der Waals surface area contributed by atoms with Gasteiger partial charge in [-0.05, 0) is 29.8 Å². The van der Waals surface area contributed by atoms with Crippen molar-refractivity contribution in [2.45, 2.75) is 5.41 Å². The van der Waals surface area contributed by atoms with Gasteiger partial charge in [0.25, 0.3) is 11.5 Å². The second-order valence-corrected chi connectivity index (χ2v) is 7.78. The van der Waals surface area contributed by atoms with Crippen molar-refractivity contribution in [3.8, 4) is 0 Å². The summed E-state index contributed by atoms with van der Waals surface area (Å²) in [7, 11) is 1.50. The molecule has 4 heterocycles. The number of rotatable bonds is 2. The largest absolute Gasteiger partial charge is 0.359 e. The van der Waals surface area contributed by atoms with Crippen molar-refractivity contribution in [2.24, 2.45) is 5.92 Å². The Morgan fingerprint density at radius 2 is 2.00 bits per heavy atom. The third kappa shape index (κ3) is 2.66. The van der Waals surface area contributed by atoms with Crippen LogP contribution in [-0.2, 0) is 15.0 Å². The molecule has 2 atom stereocenters. The zero-order valence-electron chi connectivity index (χ0n) is 16.6. The number of hydrogen-bond acceptors (Lipinski definition) is 5. The number of carbonyl (C=O) groups is 3. The Balaban J connectivity index is 1.59. The van der Waals surface area contributed by atoms with Crippen LogP contribution in [0.4, 0.5) is 5.69 Å². The monoisotopic (exact) mass is 417 g/mol. The van der Waals surface area contributed by atoms with Gasteiger partial charge in [-0.2, -0.15) is 0 Å². The van der Waals surface area contributed by atoms with Gasteiger partial charge < -0.3 is 20.5 Å². The fourth-order valence-electron chi connectivity index (χ4n) is 4.69. The molecule has 9 nitrogen and oxygen atoms in total. The number of nitrogens with one attached hydrogen (secondary N) is 3. The summed E-state index contributed by atoms with van der Waals surface area (Å²) in [6, 6.07) is 12.1. The molecule has 2 unspecified atom stereocenters. The van der Waals surface area contributed by atoms with Crippen LogP contribution in [0.1, 0.15) is 15.9 Å². The van der Waals surface area contributed by atoms with Gasteiger partial charge in [-0.3, -0.25) is 19.2 Å². The first kappa shape index (κ1) is 19.0. The van der Waals surface area contributed by atoms with Crippen molar-refractivity contribution in [1.29, 1.82) is 0 Å². The Bertz CT molecular complexity index is 1320. The Labute approximate surface area is 176 Å². The maximum Gasteiger partial charge on any atom is 0.262 e. The lowest BCUT2D eigenvalue weighted by atomic mass is 9.73. The molecule has 9 heteroatoms. The van der Waals surface area contributed by atoms with Gasteiger partial charge in [0.1, 0.15) is 16.6 Å². The molecule has 2 aliphatic rings. The zero-order valence-corrected chi connectivity index (χ0v) is 16.6. The number of aromatic nitrogens is 2. The molecule has 2 aliphatic heterocycles. The van der Waals surface area contributed by atoms with Crippen LogP contribution in [0.2, 0.25) is 0 Å². The third-order valence-corrected chi connectivity index (χ3v) is 6.19. The number of anilines is 1. The van der Waals surface area contributed by atoms with E-state index < -0.39 is 22.8 Å². The molecule has 0 saturated carbocycles. The predicted molar refractivity (Wildman–Crippen MR) is 113 cm³/mol. The molecule has 0 aliphatic carbocycles. The molecular formula is C22H19N5O4. The molecule has 3 N–H and O–H groups in total. The Kier molecular flexibility index (Phi) is 4.14. The molecule has 5 rings (SSSR count). The van der Waals surface area contributed by atoms with E-state index in [1.165, 1.54) is 18.0 Å². The van der Waals surface area contributed by atoms with Gasteiger partial charge in [0.2, 0.25) is 11.8 Å². The quantitative estimate of drug-likeness (QED) is 0.564. The number of benzene rings is 1. The second-order valence-electron chi connectivity index (χ2n) is 7.78. The lowest BCUT2D eigenvalue weighted by Crippen LogP contribution is -2.48. The van der Waals surface area contributed by atoms with Crippen LogP contribution in [0.5, 0.6) is 0 Å². The van der Waals surface area contributed by atoms with Crippen LogP contribution in [0.15, 0.2) is 53.5 Å². The highest BCUT2D eigenvalue weighted by Crippen LogP contribution is 2.47. The fourth-order valence-corrected chi connectivity index (χ4v) is 4.69. The number of H-pyrrole nitrogens is 1. The number of nitrogens with zero attached hydrogens (tertiary/aromatic N) is 2. The van der Waals surface area contributed by atoms with Crippen molar-refractivity contribution >= 4 is 34.4 Å². The number of carbonyl (C=O) groups excluding carboxylic acids is 3. The normalized spacial score (nSPS) is 21.9. The van der Waals surface area contributed by atoms with Crippen molar-refractivity contribution in [2.75, 3.05) is 25.5 Å². The summed E-state index contributed by atoms with van der Waals surface area (Å²) < 4.78 is 0. The Morgan fingerprint density at radius 1 is 1.19 bits per heavy atom. The molecule has 0 radical (unpaired) electrons. The molecule has 1 saturated heterocycles. The summed E-state index contributed by atoms with van der Waals surface area (Å²) in [4.78, 5) is 59.9. The number of para-hydroxylation sites is 1. The molecule has 1 fully saturated rings. The minimum atomic E-state index is -1.21. The van der Waals surface area contributed by atoms with Gasteiger partial charge in [-0.1, -0.05) is 18.2 Å². The smallest absolute Gasteiger partial charge is 0.262 e. The third-order valence-electron chi connectivity index (χ3n) is 6.19. The molecular weight excluding hydrogens is 398 g/mol. The molecule has 31 heavy (non-hydrogen) atoms. The SMILES string of the molecule is CNC(=O)C1CN(C(=O)c2cc3cccnc3[nH]c2=O)CC12C(=O)Nc1ccccc12. The highest BCUT2D eigenvalue weighted by Gasteiger charge is 2.60. The Morgan fingerprint density at radius 3 is 2.81 bits per heavy atom. The first-order valence-electron chi connectivity index (χ1n) is 9.85. The minimum absolute atomic E-state index is 0.00269. The van der Waals surface area contributed by atoms with E-state index in [1.54, 1.807) is 42.6 Å². The summed E-state index contributed by atoms with van der Waals surface area (Å²) >= 11 is 0. The highest BCUT2D eigenvalue weighted by molar-refractivity contribution is 6.10. The number of likely N-dealkylation sites (tertiary alicyclic amines) is 1. The first-order valence-corrected chi connectivity index (χ1v) is 9.85. The minimum Gasteiger partial charge on any atom is -0.359 e. The van der Waals surface area contributed by atoms with E-state index in [2.05, 4.69) is 20.6 Å². The standard InChI is InChI=1S/C22H19N5O4/c1-23-19(29)15-10-27(11-22(15)14-6-2-3-7-16(14)25-21(22)31)20(30)13-9-12-5-4-8-24-17(12)26-18(13)28/h2-9,15H,10-11H2,1H3,(H,23,29)(H,25,31)(H,24,26,28). The lowest BCUT2D eigenvalue weighted by molar-refractivity contribution is -0.131. The number of aromatic amines is 1. The highest BCUT2D eigenvalue weighted by atomic mass is 16.2. The fraction of sp³-hybridized carbons (Fsp3) is 0.227. The molecule has 1 spiro atoms. The molecule has 0 bridgehead atoms.